The monoisotopic (exact) mass is 257 g/mol. The van der Waals surface area contributed by atoms with Crippen molar-refractivity contribution in [1.29, 1.82) is 0 Å². The minimum absolute atomic E-state index is 0.687. The van der Waals surface area contributed by atoms with Crippen LogP contribution in [0.25, 0.3) is 0 Å². The van der Waals surface area contributed by atoms with Crippen molar-refractivity contribution in [3.63, 3.8) is 0 Å². The van der Waals surface area contributed by atoms with Crippen molar-refractivity contribution in [3.8, 4) is 0 Å². The zero-order valence-corrected chi connectivity index (χ0v) is 9.63. The summed E-state index contributed by atoms with van der Waals surface area (Å²) >= 11 is 3.35. The summed E-state index contributed by atoms with van der Waals surface area (Å²) in [7, 11) is 0. The van der Waals surface area contributed by atoms with Crippen LogP contribution in [0.2, 0.25) is 0 Å². The fraction of sp³-hybridized carbons (Fsp3) is 0.300. The summed E-state index contributed by atoms with van der Waals surface area (Å²) in [6, 6.07) is 2.80. The Hall–Kier alpha value is -0.870. The molecule has 0 saturated carbocycles. The summed E-state index contributed by atoms with van der Waals surface area (Å²) in [5.41, 5.74) is 8.07. The van der Waals surface area contributed by atoms with Crippen LogP contribution >= 0.6 is 15.9 Å². The van der Waals surface area contributed by atoms with Gasteiger partial charge in [-0.1, -0.05) is 22.0 Å². The van der Waals surface area contributed by atoms with Crippen molar-refractivity contribution in [2.24, 2.45) is 5.73 Å². The molecule has 0 bridgehead atoms. The van der Waals surface area contributed by atoms with Crippen LogP contribution in [0.1, 0.15) is 22.7 Å². The van der Waals surface area contributed by atoms with E-state index in [0.717, 1.165) is 15.6 Å². The van der Waals surface area contributed by atoms with E-state index in [1.807, 2.05) is 26.0 Å². The Morgan fingerprint density at radius 1 is 1.50 bits per heavy atom. The van der Waals surface area contributed by atoms with E-state index < -0.39 is 12.0 Å². The molecular formula is C10H12BrNO2. The van der Waals surface area contributed by atoms with Crippen molar-refractivity contribution in [2.45, 2.75) is 19.9 Å². The molecule has 0 aliphatic carbocycles. The lowest BCUT2D eigenvalue weighted by Gasteiger charge is -2.14. The maximum atomic E-state index is 10.8. The molecule has 1 unspecified atom stereocenters. The highest BCUT2D eigenvalue weighted by atomic mass is 79.9. The predicted molar refractivity (Wildman–Crippen MR) is 58.2 cm³/mol. The fourth-order valence-electron chi connectivity index (χ4n) is 1.44. The van der Waals surface area contributed by atoms with Crippen LogP contribution < -0.4 is 5.73 Å². The van der Waals surface area contributed by atoms with E-state index in [1.54, 1.807) is 0 Å². The lowest BCUT2D eigenvalue weighted by Crippen LogP contribution is -2.22. The zero-order chi connectivity index (χ0) is 10.9. The second-order valence-electron chi connectivity index (χ2n) is 3.22. The van der Waals surface area contributed by atoms with Crippen molar-refractivity contribution in [2.75, 3.05) is 0 Å². The Kier molecular flexibility index (Phi) is 3.29. The molecule has 0 amide bonds. The van der Waals surface area contributed by atoms with Gasteiger partial charge in [0.1, 0.15) is 6.04 Å². The topological polar surface area (TPSA) is 63.3 Å². The minimum atomic E-state index is -1.01. The lowest BCUT2D eigenvalue weighted by atomic mass is 9.97. The summed E-state index contributed by atoms with van der Waals surface area (Å²) in [5, 5.41) is 8.83. The van der Waals surface area contributed by atoms with Gasteiger partial charge in [0.2, 0.25) is 0 Å². The molecule has 1 aromatic rings. The normalized spacial score (nSPS) is 12.6. The molecule has 3 N–H and O–H groups in total. The van der Waals surface area contributed by atoms with Crippen molar-refractivity contribution < 1.29 is 9.90 Å². The van der Waals surface area contributed by atoms with E-state index in [2.05, 4.69) is 15.9 Å². The van der Waals surface area contributed by atoms with Gasteiger partial charge in [0.25, 0.3) is 0 Å². The summed E-state index contributed by atoms with van der Waals surface area (Å²) < 4.78 is 0.884. The van der Waals surface area contributed by atoms with Gasteiger partial charge in [0.15, 0.2) is 0 Å². The van der Waals surface area contributed by atoms with Gasteiger partial charge in [-0.3, -0.25) is 4.79 Å². The van der Waals surface area contributed by atoms with Gasteiger partial charge in [-0.05, 0) is 36.6 Å². The van der Waals surface area contributed by atoms with E-state index in [0.29, 0.717) is 5.56 Å². The molecule has 1 atom stereocenters. The molecule has 76 valence electrons. The van der Waals surface area contributed by atoms with Gasteiger partial charge in [-0.2, -0.15) is 0 Å². The van der Waals surface area contributed by atoms with Crippen LogP contribution in [0.3, 0.4) is 0 Å². The van der Waals surface area contributed by atoms with Gasteiger partial charge in [0, 0.05) is 4.47 Å². The third-order valence-corrected chi connectivity index (χ3v) is 3.10. The quantitative estimate of drug-likeness (QED) is 0.854. The number of carboxylic acid groups (broad SMARTS) is 1. The summed E-state index contributed by atoms with van der Waals surface area (Å²) in [6.07, 6.45) is 0. The van der Waals surface area contributed by atoms with Crippen LogP contribution in [0.5, 0.6) is 0 Å². The smallest absolute Gasteiger partial charge is 0.325 e. The third kappa shape index (κ3) is 1.96. The average molecular weight is 258 g/mol. The lowest BCUT2D eigenvalue weighted by molar-refractivity contribution is -0.138. The maximum absolute atomic E-state index is 10.8. The van der Waals surface area contributed by atoms with Gasteiger partial charge in [-0.15, -0.1) is 0 Å². The number of nitrogens with two attached hydrogens (primary N) is 1. The molecule has 0 saturated heterocycles. The number of halogens is 1. The van der Waals surface area contributed by atoms with Crippen LogP contribution in [0.15, 0.2) is 16.6 Å². The first kappa shape index (κ1) is 11.2. The van der Waals surface area contributed by atoms with Gasteiger partial charge >= 0.3 is 5.97 Å². The Labute approximate surface area is 91.1 Å². The Balaban J connectivity index is 3.32. The van der Waals surface area contributed by atoms with Crippen molar-refractivity contribution >= 4 is 21.9 Å². The summed E-state index contributed by atoms with van der Waals surface area (Å²) in [5.74, 6) is -1.01. The van der Waals surface area contributed by atoms with E-state index >= 15 is 0 Å². The molecule has 0 spiro atoms. The Morgan fingerprint density at radius 2 is 2.07 bits per heavy atom. The summed E-state index contributed by atoms with van der Waals surface area (Å²) in [4.78, 5) is 10.8. The predicted octanol–water partition coefficient (Wildman–Crippen LogP) is 2.15. The number of benzene rings is 1. The van der Waals surface area contributed by atoms with Crippen LogP contribution in [-0.2, 0) is 4.79 Å². The Morgan fingerprint density at radius 3 is 2.57 bits per heavy atom. The molecule has 14 heavy (non-hydrogen) atoms. The number of hydrogen-bond donors (Lipinski definition) is 2. The number of carbonyl (C=O) groups is 1. The molecule has 4 heteroatoms. The molecule has 0 aliphatic heterocycles. The summed E-state index contributed by atoms with van der Waals surface area (Å²) in [6.45, 7) is 3.72. The highest BCUT2D eigenvalue weighted by Gasteiger charge is 2.19. The van der Waals surface area contributed by atoms with Crippen LogP contribution in [0.4, 0.5) is 0 Å². The number of aliphatic carboxylic acids is 1. The SMILES string of the molecule is Cc1ccc(Br)c(C)c1C(N)C(=O)O. The van der Waals surface area contributed by atoms with Gasteiger partial charge in [0.05, 0.1) is 0 Å². The van der Waals surface area contributed by atoms with E-state index in [4.69, 9.17) is 10.8 Å². The molecule has 1 aromatic carbocycles. The number of aryl methyl sites for hydroxylation is 1. The second-order valence-corrected chi connectivity index (χ2v) is 4.07. The largest absolute Gasteiger partial charge is 0.480 e. The minimum Gasteiger partial charge on any atom is -0.480 e. The zero-order valence-electron chi connectivity index (χ0n) is 8.04. The van der Waals surface area contributed by atoms with Crippen LogP contribution in [-0.4, -0.2) is 11.1 Å². The molecule has 0 aromatic heterocycles. The van der Waals surface area contributed by atoms with E-state index in [1.165, 1.54) is 0 Å². The highest BCUT2D eigenvalue weighted by Crippen LogP contribution is 2.26. The average Bonchev–Trinajstić information content (AvgIpc) is 2.12. The fourth-order valence-corrected chi connectivity index (χ4v) is 1.79. The van der Waals surface area contributed by atoms with Crippen LogP contribution in [0, 0.1) is 13.8 Å². The first-order valence-electron chi connectivity index (χ1n) is 4.19. The third-order valence-electron chi connectivity index (χ3n) is 2.24. The number of carboxylic acids is 1. The van der Waals surface area contributed by atoms with Gasteiger partial charge < -0.3 is 10.8 Å². The molecule has 0 heterocycles. The molecule has 0 aliphatic rings. The molecule has 3 nitrogen and oxygen atoms in total. The highest BCUT2D eigenvalue weighted by molar-refractivity contribution is 9.10. The Bertz CT molecular complexity index is 377. The number of rotatable bonds is 2. The number of hydrogen-bond acceptors (Lipinski definition) is 2. The van der Waals surface area contributed by atoms with Gasteiger partial charge in [-0.25, -0.2) is 0 Å². The standard InChI is InChI=1S/C10H12BrNO2/c1-5-3-4-7(11)6(2)8(5)9(12)10(13)14/h3-4,9H,12H2,1-2H3,(H,13,14). The molecule has 1 rings (SSSR count). The van der Waals surface area contributed by atoms with E-state index in [9.17, 15) is 4.79 Å². The maximum Gasteiger partial charge on any atom is 0.325 e. The molecular weight excluding hydrogens is 246 g/mol. The van der Waals surface area contributed by atoms with E-state index in [-0.39, 0.29) is 0 Å². The second kappa shape index (κ2) is 4.11. The first-order chi connectivity index (χ1) is 6.45. The van der Waals surface area contributed by atoms with Crippen molar-refractivity contribution in [1.82, 2.24) is 0 Å². The van der Waals surface area contributed by atoms with Crippen molar-refractivity contribution in [3.05, 3.63) is 33.3 Å². The molecule has 0 radical (unpaired) electrons. The molecule has 0 fully saturated rings. The first-order valence-corrected chi connectivity index (χ1v) is 4.98.